The minimum atomic E-state index is -0.962. The lowest BCUT2D eigenvalue weighted by molar-refractivity contribution is 0.103. The number of anilines is 1. The molecule has 0 aliphatic heterocycles. The summed E-state index contributed by atoms with van der Waals surface area (Å²) in [4.78, 5) is 29.9. The number of halogens is 2. The summed E-state index contributed by atoms with van der Waals surface area (Å²) in [6.07, 6.45) is 4.18. The standard InChI is InChI=1S/C25H23F2N3O2/c1-17(12-14-28-2)13-15-29-25-21(24(32)20-9-8-18(26)16-22(20)27)10-11-23(31)30(25)19-6-4-3-5-7-19/h3-12,14,16,29H,13,15H2,1-2H3/b17-12+,28-14?. The van der Waals surface area contributed by atoms with Crippen LogP contribution in [0.3, 0.4) is 0 Å². The smallest absolute Gasteiger partial charge is 0.256 e. The number of carbonyl (C=O) groups is 1. The number of hydrogen-bond acceptors (Lipinski definition) is 4. The maximum Gasteiger partial charge on any atom is 0.256 e. The lowest BCUT2D eigenvalue weighted by Crippen LogP contribution is -2.25. The third-order valence-electron chi connectivity index (χ3n) is 4.85. The molecule has 3 rings (SSSR count). The van der Waals surface area contributed by atoms with Crippen LogP contribution in [-0.2, 0) is 0 Å². The molecule has 0 amide bonds. The molecule has 1 aromatic heterocycles. The van der Waals surface area contributed by atoms with Gasteiger partial charge in [-0.1, -0.05) is 23.8 Å². The van der Waals surface area contributed by atoms with E-state index in [1.807, 2.05) is 19.1 Å². The molecule has 5 nitrogen and oxygen atoms in total. The SMILES string of the molecule is CN=C/C=C(\C)CCNc1c(C(=O)c2ccc(F)cc2F)ccc(=O)n1-c1ccccc1. The Bertz CT molecular complexity index is 1230. The number of aliphatic imine (C=N–C) groups is 1. The first-order valence-corrected chi connectivity index (χ1v) is 10.1. The predicted octanol–water partition coefficient (Wildman–Crippen LogP) is 4.80. The number of rotatable bonds is 8. The first-order valence-electron chi connectivity index (χ1n) is 10.1. The fraction of sp³-hybridized carbons (Fsp3) is 0.160. The summed E-state index contributed by atoms with van der Waals surface area (Å²) >= 11 is 0. The second-order valence-electron chi connectivity index (χ2n) is 7.16. The van der Waals surface area contributed by atoms with E-state index in [-0.39, 0.29) is 22.5 Å². The molecule has 1 heterocycles. The van der Waals surface area contributed by atoms with Crippen LogP contribution in [0.5, 0.6) is 0 Å². The summed E-state index contributed by atoms with van der Waals surface area (Å²) in [5.41, 5.74) is 1.09. The van der Waals surface area contributed by atoms with Gasteiger partial charge >= 0.3 is 0 Å². The van der Waals surface area contributed by atoms with Gasteiger partial charge in [0, 0.05) is 31.9 Å². The van der Waals surface area contributed by atoms with Gasteiger partial charge in [0.2, 0.25) is 0 Å². The number of nitrogens with zero attached hydrogens (tertiary/aromatic N) is 2. The van der Waals surface area contributed by atoms with Crippen molar-refractivity contribution >= 4 is 17.8 Å². The molecule has 3 aromatic rings. The highest BCUT2D eigenvalue weighted by atomic mass is 19.1. The first-order chi connectivity index (χ1) is 15.4. The Morgan fingerprint density at radius 2 is 1.78 bits per heavy atom. The molecule has 0 unspecified atom stereocenters. The van der Waals surface area contributed by atoms with Gasteiger partial charge in [-0.15, -0.1) is 0 Å². The Hall–Kier alpha value is -3.87. The largest absolute Gasteiger partial charge is 0.370 e. The lowest BCUT2D eigenvalue weighted by atomic mass is 10.0. The number of nitrogens with one attached hydrogen (secondary N) is 1. The Labute approximate surface area is 184 Å². The summed E-state index contributed by atoms with van der Waals surface area (Å²) in [7, 11) is 1.68. The van der Waals surface area contributed by atoms with Gasteiger partial charge in [0.1, 0.15) is 17.5 Å². The van der Waals surface area contributed by atoms with Gasteiger partial charge in [0.05, 0.1) is 16.8 Å². The highest BCUT2D eigenvalue weighted by Crippen LogP contribution is 2.23. The average Bonchev–Trinajstić information content (AvgIpc) is 2.78. The zero-order valence-electron chi connectivity index (χ0n) is 17.8. The molecular formula is C25H23F2N3O2. The van der Waals surface area contributed by atoms with Crippen LogP contribution in [0.4, 0.5) is 14.6 Å². The molecule has 2 aromatic carbocycles. The summed E-state index contributed by atoms with van der Waals surface area (Å²) in [5.74, 6) is -2.14. The topological polar surface area (TPSA) is 63.5 Å². The fourth-order valence-corrected chi connectivity index (χ4v) is 3.21. The predicted molar refractivity (Wildman–Crippen MR) is 123 cm³/mol. The Morgan fingerprint density at radius 1 is 1.06 bits per heavy atom. The fourth-order valence-electron chi connectivity index (χ4n) is 3.21. The minimum Gasteiger partial charge on any atom is -0.370 e. The number of benzene rings is 2. The van der Waals surface area contributed by atoms with E-state index in [1.54, 1.807) is 37.5 Å². The second-order valence-corrected chi connectivity index (χ2v) is 7.16. The zero-order valence-corrected chi connectivity index (χ0v) is 17.8. The van der Waals surface area contributed by atoms with E-state index in [1.165, 1.54) is 16.7 Å². The van der Waals surface area contributed by atoms with Crippen LogP contribution in [0.15, 0.2) is 82.1 Å². The van der Waals surface area contributed by atoms with Gasteiger partial charge in [-0.2, -0.15) is 0 Å². The van der Waals surface area contributed by atoms with Crippen LogP contribution in [0.25, 0.3) is 5.69 Å². The average molecular weight is 435 g/mol. The monoisotopic (exact) mass is 435 g/mol. The minimum absolute atomic E-state index is 0.107. The normalized spacial score (nSPS) is 11.7. The van der Waals surface area contributed by atoms with Crippen molar-refractivity contribution in [2.75, 3.05) is 18.9 Å². The summed E-state index contributed by atoms with van der Waals surface area (Å²) in [5, 5.41) is 3.17. The Balaban J connectivity index is 2.08. The van der Waals surface area contributed by atoms with E-state index in [4.69, 9.17) is 0 Å². The van der Waals surface area contributed by atoms with E-state index < -0.39 is 17.4 Å². The number of ketones is 1. The van der Waals surface area contributed by atoms with Crippen molar-refractivity contribution in [2.45, 2.75) is 13.3 Å². The zero-order chi connectivity index (χ0) is 23.1. The highest BCUT2D eigenvalue weighted by Gasteiger charge is 2.21. The summed E-state index contributed by atoms with van der Waals surface area (Å²) in [6.45, 7) is 2.36. The number of para-hydroxylation sites is 1. The maximum absolute atomic E-state index is 14.3. The van der Waals surface area contributed by atoms with Gasteiger partial charge in [-0.25, -0.2) is 8.78 Å². The molecule has 32 heavy (non-hydrogen) atoms. The molecule has 0 spiro atoms. The van der Waals surface area contributed by atoms with E-state index in [0.29, 0.717) is 24.7 Å². The van der Waals surface area contributed by atoms with Crippen LogP contribution < -0.4 is 10.9 Å². The number of aromatic nitrogens is 1. The van der Waals surface area contributed by atoms with Crippen molar-refractivity contribution in [1.29, 1.82) is 0 Å². The van der Waals surface area contributed by atoms with Crippen molar-refractivity contribution in [3.8, 4) is 5.69 Å². The number of carbonyl (C=O) groups excluding carboxylic acids is 1. The quantitative estimate of drug-likeness (QED) is 0.409. The molecule has 0 aliphatic rings. The van der Waals surface area contributed by atoms with Gasteiger partial charge in [-0.3, -0.25) is 19.1 Å². The third kappa shape index (κ3) is 5.24. The molecule has 0 atom stereocenters. The van der Waals surface area contributed by atoms with E-state index in [9.17, 15) is 18.4 Å². The van der Waals surface area contributed by atoms with Gasteiger partial charge in [0.15, 0.2) is 5.78 Å². The van der Waals surface area contributed by atoms with Crippen molar-refractivity contribution in [3.05, 3.63) is 105 Å². The molecule has 0 fully saturated rings. The third-order valence-corrected chi connectivity index (χ3v) is 4.85. The number of allylic oxidation sites excluding steroid dienone is 1. The van der Waals surface area contributed by atoms with Crippen LogP contribution in [0.1, 0.15) is 29.3 Å². The summed E-state index contributed by atoms with van der Waals surface area (Å²) < 4.78 is 29.0. The maximum atomic E-state index is 14.3. The van der Waals surface area contributed by atoms with Crippen molar-refractivity contribution in [3.63, 3.8) is 0 Å². The summed E-state index contributed by atoms with van der Waals surface area (Å²) in [6, 6.07) is 14.3. The molecule has 1 N–H and O–H groups in total. The van der Waals surface area contributed by atoms with Crippen LogP contribution in [0, 0.1) is 11.6 Å². The second kappa shape index (κ2) is 10.4. The van der Waals surface area contributed by atoms with Crippen molar-refractivity contribution in [2.24, 2.45) is 4.99 Å². The lowest BCUT2D eigenvalue weighted by Gasteiger charge is -2.18. The molecular weight excluding hydrogens is 412 g/mol. The Kier molecular flexibility index (Phi) is 7.44. The van der Waals surface area contributed by atoms with Crippen molar-refractivity contribution in [1.82, 2.24) is 4.57 Å². The van der Waals surface area contributed by atoms with Gasteiger partial charge < -0.3 is 5.32 Å². The molecule has 0 saturated heterocycles. The van der Waals surface area contributed by atoms with E-state index in [2.05, 4.69) is 10.3 Å². The van der Waals surface area contributed by atoms with E-state index >= 15 is 0 Å². The number of hydrogen-bond donors (Lipinski definition) is 1. The number of pyridine rings is 1. The van der Waals surface area contributed by atoms with Crippen LogP contribution >= 0.6 is 0 Å². The molecule has 164 valence electrons. The molecule has 0 aliphatic carbocycles. The molecule has 0 bridgehead atoms. The van der Waals surface area contributed by atoms with Gasteiger partial charge in [-0.05, 0) is 49.8 Å². The molecule has 0 saturated carbocycles. The van der Waals surface area contributed by atoms with E-state index in [0.717, 1.165) is 17.7 Å². The highest BCUT2D eigenvalue weighted by molar-refractivity contribution is 6.12. The van der Waals surface area contributed by atoms with Crippen molar-refractivity contribution < 1.29 is 13.6 Å². The van der Waals surface area contributed by atoms with Gasteiger partial charge in [0.25, 0.3) is 5.56 Å². The molecule has 0 radical (unpaired) electrons. The van der Waals surface area contributed by atoms with Crippen LogP contribution in [-0.4, -0.2) is 30.2 Å². The Morgan fingerprint density at radius 3 is 2.47 bits per heavy atom. The van der Waals surface area contributed by atoms with Crippen LogP contribution in [0.2, 0.25) is 0 Å². The first kappa shape index (κ1) is 22.8. The molecule has 7 heteroatoms.